The van der Waals surface area contributed by atoms with Gasteiger partial charge in [0.2, 0.25) is 0 Å². The Hall–Kier alpha value is -6.54. The number of rotatable bonds is 14. The average molecular weight is 1030 g/mol. The summed E-state index contributed by atoms with van der Waals surface area (Å²) in [5.41, 5.74) is 1.70. The minimum atomic E-state index is -3.78. The van der Waals surface area contributed by atoms with E-state index in [1.54, 1.807) is 12.1 Å². The fourth-order valence-corrected chi connectivity index (χ4v) is 10.6. The molecule has 5 aliphatic rings. The largest absolute Gasteiger partial charge is 0.586 e. The lowest BCUT2D eigenvalue weighted by Gasteiger charge is -2.30. The lowest BCUT2D eigenvalue weighted by Crippen LogP contribution is -2.35. The van der Waals surface area contributed by atoms with Crippen LogP contribution in [0.5, 0.6) is 23.0 Å². The van der Waals surface area contributed by atoms with Gasteiger partial charge in [-0.3, -0.25) is 14.4 Å². The maximum Gasteiger partial charge on any atom is 0.586 e. The number of aliphatic carboxylic acids is 1. The Kier molecular flexibility index (Phi) is 12.3. The number of carboxylic acids is 1. The molecule has 3 aliphatic heterocycles. The number of aromatic nitrogens is 2. The number of alkyl halides is 4. The van der Waals surface area contributed by atoms with E-state index >= 15 is 4.39 Å². The van der Waals surface area contributed by atoms with E-state index in [1.165, 1.54) is 60.9 Å². The van der Waals surface area contributed by atoms with Gasteiger partial charge in [-0.1, -0.05) is 32.0 Å². The van der Waals surface area contributed by atoms with E-state index in [9.17, 15) is 52.4 Å². The first-order valence-electron chi connectivity index (χ1n) is 24.4. The van der Waals surface area contributed by atoms with E-state index in [-0.39, 0.29) is 83.7 Å². The number of fused-ring (bicyclic) bond motifs is 6. The fraction of sp³-hybridized carbons (Fsp3) is 0.436. The van der Waals surface area contributed by atoms with Crippen LogP contribution < -0.4 is 18.9 Å². The summed E-state index contributed by atoms with van der Waals surface area (Å²) in [4.78, 5) is 38.8. The molecule has 4 aromatic carbocycles. The quantitative estimate of drug-likeness (QED) is 0.0763. The predicted molar refractivity (Wildman–Crippen MR) is 257 cm³/mol. The average Bonchev–Trinajstić information content (AvgIpc) is 4.21. The number of Topliss-reactive ketones (excluding diaryl/α,β-unsaturated/α-hetero) is 2. The SMILES string of the molecule is CC(C)(C(=O)O)c1cc2cc(CC(=O)C3(c4ccc5c(c4)OC(F)(F)O5)CC3)c(F)cc2n1C[C@@H](O)CO.CC1O[C@@H](CO)Cn2c(cc3cc(CC(=O)C4(c5ccc6c(c5)OC(F)(F)O6)CC4)ccc32)C1(C)C. The van der Waals surface area contributed by atoms with Gasteiger partial charge in [-0.25, -0.2) is 4.39 Å². The number of nitrogens with zero attached hydrogens (tertiary/aromatic N) is 2. The summed E-state index contributed by atoms with van der Waals surface area (Å²) in [7, 11) is 0. The second-order valence-corrected chi connectivity index (χ2v) is 21.3. The summed E-state index contributed by atoms with van der Waals surface area (Å²) in [6, 6.07) is 21.3. The standard InChI is InChI=1S/C28H29F2NO5.C27H26F3NO7/c1-16-26(2,3)24-12-18-10-17(4-6-21(18)31(24)14-20(15-32)34-16)11-25(33)27(8-9-27)19-5-7-22-23(13-19)36-28(29,30)35-22;1-25(2,24(35)36)22-8-15-7-14(18(28)11-19(15)31(22)12-17(33)13-32)9-23(34)26(5-6-26)16-3-4-20-21(10-16)38-27(29,30)37-20/h4-7,10,12-13,16,20,32H,8-9,11,14-15H2,1-3H3;3-4,7-8,10-11,17,32-33H,5-6,9,12-13H2,1-2H3,(H,35,36)/t16?,20-;17-/m11/s1. The Labute approximate surface area is 421 Å². The van der Waals surface area contributed by atoms with E-state index in [2.05, 4.69) is 49.5 Å². The molecule has 0 spiro atoms. The monoisotopic (exact) mass is 1030 g/mol. The van der Waals surface area contributed by atoms with Crippen molar-refractivity contribution in [1.29, 1.82) is 0 Å². The molecule has 5 heterocycles. The Bertz CT molecular complexity index is 3260. The van der Waals surface area contributed by atoms with E-state index in [1.807, 2.05) is 19.1 Å². The smallest absolute Gasteiger partial charge is 0.481 e. The highest BCUT2D eigenvalue weighted by Crippen LogP contribution is 2.54. The molecule has 6 aromatic rings. The zero-order valence-corrected chi connectivity index (χ0v) is 41.1. The minimum absolute atomic E-state index is 0.0167. The number of hydrogen-bond donors (Lipinski definition) is 4. The topological polar surface area (TPSA) is 188 Å². The zero-order valence-electron chi connectivity index (χ0n) is 41.1. The molecule has 19 heteroatoms. The third-order valence-corrected chi connectivity index (χ3v) is 15.7. The molecule has 2 aromatic heterocycles. The Morgan fingerprint density at radius 2 is 1.28 bits per heavy atom. The molecule has 2 aliphatic carbocycles. The van der Waals surface area contributed by atoms with Gasteiger partial charge in [0.1, 0.15) is 22.8 Å². The molecule has 0 radical (unpaired) electrons. The number of benzene rings is 4. The van der Waals surface area contributed by atoms with Crippen LogP contribution in [0, 0.1) is 5.82 Å². The van der Waals surface area contributed by atoms with Gasteiger partial charge in [0.25, 0.3) is 0 Å². The van der Waals surface area contributed by atoms with Gasteiger partial charge in [-0.05, 0) is 129 Å². The van der Waals surface area contributed by atoms with Crippen molar-refractivity contribution in [3.05, 3.63) is 118 Å². The molecule has 4 N–H and O–H groups in total. The van der Waals surface area contributed by atoms with Gasteiger partial charge in [0.05, 0.1) is 61.0 Å². The molecule has 0 amide bonds. The van der Waals surface area contributed by atoms with E-state index in [0.29, 0.717) is 60.0 Å². The number of ketones is 2. The predicted octanol–water partition coefficient (Wildman–Crippen LogP) is 8.52. The van der Waals surface area contributed by atoms with Gasteiger partial charge >= 0.3 is 18.6 Å². The molecule has 2 saturated carbocycles. The summed E-state index contributed by atoms with van der Waals surface area (Å²) in [5.74, 6) is -2.39. The number of carbonyl (C=O) groups excluding carboxylic acids is 2. The third-order valence-electron chi connectivity index (χ3n) is 15.7. The van der Waals surface area contributed by atoms with Crippen molar-refractivity contribution in [3.8, 4) is 23.0 Å². The van der Waals surface area contributed by atoms with Crippen molar-refractivity contribution in [2.45, 2.75) is 139 Å². The van der Waals surface area contributed by atoms with Crippen molar-refractivity contribution in [2.75, 3.05) is 13.2 Å². The summed E-state index contributed by atoms with van der Waals surface area (Å²) in [6.45, 7) is 9.06. The van der Waals surface area contributed by atoms with Crippen molar-refractivity contribution < 1.29 is 80.4 Å². The zero-order chi connectivity index (χ0) is 53.1. The normalized spacial score (nSPS) is 21.3. The number of aliphatic hydroxyl groups excluding tert-OH is 3. The summed E-state index contributed by atoms with van der Waals surface area (Å²) >= 11 is 0. The van der Waals surface area contributed by atoms with Crippen molar-refractivity contribution in [1.82, 2.24) is 9.13 Å². The second kappa shape index (κ2) is 17.8. The van der Waals surface area contributed by atoms with Crippen molar-refractivity contribution in [3.63, 3.8) is 0 Å². The summed E-state index contributed by atoms with van der Waals surface area (Å²) < 4.78 is 96.8. The number of hydrogen-bond acceptors (Lipinski definition) is 11. The first-order chi connectivity index (χ1) is 34.8. The lowest BCUT2D eigenvalue weighted by atomic mass is 9.83. The molecule has 11 rings (SSSR count). The van der Waals surface area contributed by atoms with Crippen LogP contribution in [0.3, 0.4) is 0 Å². The fourth-order valence-electron chi connectivity index (χ4n) is 10.6. The van der Waals surface area contributed by atoms with Crippen LogP contribution in [0.15, 0.2) is 78.9 Å². The number of carbonyl (C=O) groups is 3. The number of aliphatic hydroxyl groups is 3. The lowest BCUT2D eigenvalue weighted by molar-refractivity contribution is -0.287. The first-order valence-corrected chi connectivity index (χ1v) is 24.4. The molecule has 0 saturated heterocycles. The second-order valence-electron chi connectivity index (χ2n) is 21.3. The molecular formula is C55H55F5N2O12. The van der Waals surface area contributed by atoms with Gasteiger partial charge in [0.15, 0.2) is 23.0 Å². The van der Waals surface area contributed by atoms with Crippen LogP contribution in [0.25, 0.3) is 21.8 Å². The first kappa shape index (κ1) is 51.0. The number of ether oxygens (including phenoxy) is 5. The highest BCUT2D eigenvalue weighted by molar-refractivity contribution is 5.97. The minimum Gasteiger partial charge on any atom is -0.481 e. The van der Waals surface area contributed by atoms with Crippen LogP contribution in [0.4, 0.5) is 22.0 Å². The van der Waals surface area contributed by atoms with E-state index in [4.69, 9.17) is 4.74 Å². The number of carboxylic acid groups (broad SMARTS) is 1. The molecule has 0 bridgehead atoms. The van der Waals surface area contributed by atoms with Crippen LogP contribution in [0.1, 0.15) is 93.9 Å². The summed E-state index contributed by atoms with van der Waals surface area (Å²) in [5, 5.41) is 40.4. The maximum absolute atomic E-state index is 15.3. The maximum atomic E-state index is 15.3. The van der Waals surface area contributed by atoms with Gasteiger partial charge < -0.3 is 53.2 Å². The molecule has 2 fully saturated rings. The molecular weight excluding hydrogens is 976 g/mol. The molecule has 392 valence electrons. The molecule has 3 atom stereocenters. The van der Waals surface area contributed by atoms with Crippen LogP contribution in [0.2, 0.25) is 0 Å². The molecule has 14 nitrogen and oxygen atoms in total. The van der Waals surface area contributed by atoms with E-state index < -0.39 is 53.3 Å². The highest BCUT2D eigenvalue weighted by Gasteiger charge is 2.54. The van der Waals surface area contributed by atoms with Gasteiger partial charge in [-0.2, -0.15) is 0 Å². The molecule has 1 unspecified atom stereocenters. The Morgan fingerprint density at radius 3 is 1.82 bits per heavy atom. The molecule has 74 heavy (non-hydrogen) atoms. The summed E-state index contributed by atoms with van der Waals surface area (Å²) in [6.07, 6.45) is -6.73. The van der Waals surface area contributed by atoms with Crippen molar-refractivity contribution >= 4 is 39.3 Å². The number of halogens is 5. The Balaban J connectivity index is 0.000000169. The van der Waals surface area contributed by atoms with Crippen molar-refractivity contribution in [2.24, 2.45) is 0 Å². The Morgan fingerprint density at radius 1 is 0.730 bits per heavy atom. The van der Waals surface area contributed by atoms with Gasteiger partial charge in [-0.15, -0.1) is 17.6 Å². The van der Waals surface area contributed by atoms with Gasteiger partial charge in [0, 0.05) is 45.9 Å². The highest BCUT2D eigenvalue weighted by atomic mass is 19.3. The van der Waals surface area contributed by atoms with Crippen LogP contribution >= 0.6 is 0 Å². The van der Waals surface area contributed by atoms with Crippen LogP contribution in [-0.4, -0.2) is 91.2 Å². The van der Waals surface area contributed by atoms with E-state index in [0.717, 1.165) is 22.2 Å². The van der Waals surface area contributed by atoms with Crippen LogP contribution in [-0.2, 0) is 66.7 Å². The third kappa shape index (κ3) is 8.94.